The number of aliphatic imine (C=N–C) groups is 2. The smallest absolute Gasteiger partial charge is 0.862 e. The molecule has 15 nitrogen and oxygen atoms in total. The second-order valence-electron chi connectivity index (χ2n) is 15.6. The summed E-state index contributed by atoms with van der Waals surface area (Å²) in [5.41, 5.74) is 0.456. The number of hydrogen-bond acceptors (Lipinski definition) is 13. The molecule has 0 unspecified atom stereocenters. The van der Waals surface area contributed by atoms with Crippen molar-refractivity contribution >= 4 is 28.2 Å². The minimum atomic E-state index is -4.68. The van der Waals surface area contributed by atoms with Gasteiger partial charge in [-0.05, 0) is 117 Å². The number of carboxylic acid groups (broad SMARTS) is 1. The molecule has 1 saturated heterocycles. The van der Waals surface area contributed by atoms with Crippen molar-refractivity contribution in [3.05, 3.63) is 11.6 Å². The fraction of sp³-hybridized carbons (Fsp3) is 0.853. The van der Waals surface area contributed by atoms with Gasteiger partial charge in [-0.25, -0.2) is 4.18 Å². The Labute approximate surface area is 350 Å². The number of rotatable bonds is 12. The van der Waals surface area contributed by atoms with Gasteiger partial charge in [0.05, 0.1) is 18.8 Å². The molecular weight excluding hydrogens is 722 g/mol. The Hall–Kier alpha value is -0.180. The summed E-state index contributed by atoms with van der Waals surface area (Å²) >= 11 is 0. The van der Waals surface area contributed by atoms with Crippen LogP contribution in [0.25, 0.3) is 0 Å². The molecular formula is C34H52N2Na2O13S. The summed E-state index contributed by atoms with van der Waals surface area (Å²) < 4.78 is 50.5. The van der Waals surface area contributed by atoms with E-state index >= 15 is 0 Å². The van der Waals surface area contributed by atoms with E-state index in [0.29, 0.717) is 19.3 Å². The van der Waals surface area contributed by atoms with Gasteiger partial charge in [-0.3, -0.25) is 19.3 Å². The largest absolute Gasteiger partial charge is 1.00 e. The van der Waals surface area contributed by atoms with Gasteiger partial charge in [0.1, 0.15) is 30.9 Å². The summed E-state index contributed by atoms with van der Waals surface area (Å²) in [7, 11) is -4.68. The molecule has 18 heteroatoms. The summed E-state index contributed by atoms with van der Waals surface area (Å²) in [5.74, 6) is -1.56. The number of aliphatic hydroxyl groups excluding tert-OH is 3. The van der Waals surface area contributed by atoms with Crippen molar-refractivity contribution in [3.63, 3.8) is 0 Å². The average Bonchev–Trinajstić information content (AvgIpc) is 3.39. The fourth-order valence-electron chi connectivity index (χ4n) is 10.4. The van der Waals surface area contributed by atoms with Gasteiger partial charge in [-0.1, -0.05) is 32.4 Å². The standard InChI is InChI=1S/C34H54N2O13S.2Na/c1-17(5-8-26(39)35-15-27(40)41)21-6-7-22-28-23(10-12-34(21,22)4)33(3)11-9-20(49-50(44,45)46)13-19(33)14-24(28)47-32-29(36-18(2)38)31(43)30(42)25(16-37)48-32;;/h14,17,20-25,28-32,37,42-43H,5-13,15-16H2,1-4H3,(H,35,39)(H,36,38)(H,40,41)(H,44,45,46);;/q;2*+1/p-2/t17-,20+,21-,22+,23+,24+,25-,28+,29-,30-,31-,32-,33+,34-;;/m1../s1. The van der Waals surface area contributed by atoms with Crippen LogP contribution in [-0.4, -0.2) is 107 Å². The van der Waals surface area contributed by atoms with E-state index < -0.39 is 84.2 Å². The molecule has 0 aromatic heterocycles. The topological polar surface area (TPSA) is 251 Å². The zero-order valence-electron chi connectivity index (χ0n) is 31.1. The molecule has 0 radical (unpaired) electrons. The van der Waals surface area contributed by atoms with Crippen LogP contribution < -0.4 is 69.3 Å². The van der Waals surface area contributed by atoms with Crippen LogP contribution in [0.3, 0.4) is 0 Å². The predicted molar refractivity (Wildman–Crippen MR) is 175 cm³/mol. The quantitative estimate of drug-likeness (QED) is 0.0409. The molecule has 52 heavy (non-hydrogen) atoms. The van der Waals surface area contributed by atoms with E-state index in [1.807, 2.05) is 6.08 Å². The number of aliphatic hydroxyl groups is 3. The van der Waals surface area contributed by atoms with Gasteiger partial charge in [0, 0.05) is 0 Å². The normalized spacial score (nSPS) is 41.3. The molecule has 0 aromatic carbocycles. The number of aliphatic carboxylic acids is 1. The molecule has 284 valence electrons. The first-order valence-electron chi connectivity index (χ1n) is 17.7. The third-order valence-corrected chi connectivity index (χ3v) is 13.3. The fourth-order valence-corrected chi connectivity index (χ4v) is 10.9. The van der Waals surface area contributed by atoms with Crippen LogP contribution in [0.5, 0.6) is 0 Å². The maximum atomic E-state index is 12.3. The zero-order chi connectivity index (χ0) is 36.8. The Morgan fingerprint density at radius 3 is 2.40 bits per heavy atom. The average molecular weight is 775 g/mol. The van der Waals surface area contributed by atoms with Gasteiger partial charge in [-0.15, -0.1) is 0 Å². The van der Waals surface area contributed by atoms with Crippen molar-refractivity contribution < 1.29 is 121 Å². The van der Waals surface area contributed by atoms with E-state index in [0.717, 1.165) is 31.3 Å². The summed E-state index contributed by atoms with van der Waals surface area (Å²) in [4.78, 5) is 18.5. The molecule has 1 heterocycles. The molecule has 0 amide bonds. The maximum absolute atomic E-state index is 12.3. The van der Waals surface area contributed by atoms with Gasteiger partial charge in [0.25, 0.3) is 0 Å². The van der Waals surface area contributed by atoms with Crippen molar-refractivity contribution in [2.75, 3.05) is 13.2 Å². The van der Waals surface area contributed by atoms with E-state index in [1.54, 1.807) is 0 Å². The van der Waals surface area contributed by atoms with Gasteiger partial charge < -0.3 is 40.1 Å². The Balaban J connectivity index is 0.00000364. The van der Waals surface area contributed by atoms with Crippen molar-refractivity contribution in [2.24, 2.45) is 50.4 Å². The van der Waals surface area contributed by atoms with Crippen LogP contribution in [0.1, 0.15) is 85.5 Å². The Kier molecular flexibility index (Phi) is 16.3. The van der Waals surface area contributed by atoms with E-state index in [9.17, 15) is 43.3 Å². The first kappa shape index (κ1) is 46.2. The Morgan fingerprint density at radius 2 is 1.79 bits per heavy atom. The number of carbonyl (C=O) groups is 1. The molecule has 1 aliphatic heterocycles. The predicted octanol–water partition coefficient (Wildman–Crippen LogP) is -5.40. The van der Waals surface area contributed by atoms with Gasteiger partial charge >= 0.3 is 75.5 Å². The minimum absolute atomic E-state index is 0. The number of hydrogen-bond donors (Lipinski definition) is 5. The molecule has 14 atom stereocenters. The monoisotopic (exact) mass is 774 g/mol. The summed E-state index contributed by atoms with van der Waals surface area (Å²) in [6.45, 7) is 6.68. The van der Waals surface area contributed by atoms with Crippen LogP contribution >= 0.6 is 0 Å². The molecule has 4 fully saturated rings. The number of nitrogens with zero attached hydrogens (tertiary/aromatic N) is 2. The van der Waals surface area contributed by atoms with Crippen LogP contribution in [0.4, 0.5) is 0 Å². The third-order valence-electron chi connectivity index (χ3n) is 12.8. The summed E-state index contributed by atoms with van der Waals surface area (Å²) in [5, 5.41) is 64.9. The molecule has 4 aliphatic carbocycles. The third kappa shape index (κ3) is 9.85. The van der Waals surface area contributed by atoms with Crippen LogP contribution in [0, 0.1) is 40.4 Å². The van der Waals surface area contributed by atoms with Crippen molar-refractivity contribution in [1.82, 2.24) is 0 Å². The van der Waals surface area contributed by atoms with Crippen LogP contribution in [0.15, 0.2) is 21.6 Å². The molecule has 0 spiro atoms. The summed E-state index contributed by atoms with van der Waals surface area (Å²) in [6.07, 6.45) is 0.608. The van der Waals surface area contributed by atoms with Gasteiger partial charge in [0.2, 0.25) is 0 Å². The number of ether oxygens (including phenoxy) is 2. The SMILES string of the molecule is CC([O-])=N[C@H]1[C@H](O[C@H]2C=C3C[C@@H](OS(=O)(=O)O)CC[C@]3(C)[C@H]3CC[C@]4(C)[C@@H]([C@H](C)CCC([O-])=NCC(=O)O)CC[C@H]4[C@H]23)O[C@H](CO)[C@@H](O)[C@@H]1O.[Na+].[Na+]. The molecule has 5 aliphatic rings. The second-order valence-corrected chi connectivity index (χ2v) is 16.6. The van der Waals surface area contributed by atoms with Crippen molar-refractivity contribution in [2.45, 2.75) is 128 Å². The van der Waals surface area contributed by atoms with E-state index in [2.05, 4.69) is 30.8 Å². The van der Waals surface area contributed by atoms with Gasteiger partial charge in [-0.2, -0.15) is 8.42 Å². The Bertz CT molecular complexity index is 1460. The van der Waals surface area contributed by atoms with Crippen LogP contribution in [0.2, 0.25) is 0 Å². The molecule has 0 aromatic rings. The number of carboxylic acids is 1. The number of fused-ring (bicyclic) bond motifs is 5. The van der Waals surface area contributed by atoms with E-state index in [1.165, 1.54) is 6.92 Å². The van der Waals surface area contributed by atoms with Crippen LogP contribution in [-0.2, 0) is 28.9 Å². The molecule has 0 bridgehead atoms. The zero-order valence-corrected chi connectivity index (χ0v) is 35.9. The first-order chi connectivity index (χ1) is 23.4. The van der Waals surface area contributed by atoms with Crippen molar-refractivity contribution in [3.8, 4) is 0 Å². The molecule has 5 N–H and O–H groups in total. The first-order valence-corrected chi connectivity index (χ1v) is 19.0. The molecule has 5 rings (SSSR count). The summed E-state index contributed by atoms with van der Waals surface area (Å²) in [6, 6.07) is -1.27. The van der Waals surface area contributed by atoms with Gasteiger partial charge in [0.15, 0.2) is 6.29 Å². The molecule has 3 saturated carbocycles. The van der Waals surface area contributed by atoms with E-state index in [-0.39, 0.29) is 112 Å². The maximum Gasteiger partial charge on any atom is 1.00 e. The van der Waals surface area contributed by atoms with Crippen molar-refractivity contribution in [1.29, 1.82) is 0 Å². The van der Waals surface area contributed by atoms with E-state index in [4.69, 9.17) is 18.8 Å². The Morgan fingerprint density at radius 1 is 1.10 bits per heavy atom. The minimum Gasteiger partial charge on any atom is -0.862 e. The second kappa shape index (κ2) is 18.4.